The van der Waals surface area contributed by atoms with Crippen LogP contribution in [-0.2, 0) is 11.3 Å². The SMILES string of the molecule is CCCC[C@@H]1S/C(=N\N=C/c2ccc(Cl)cc2)N(Cc2ccc(F)cc2)C1=O. The molecule has 1 saturated heterocycles. The van der Waals surface area contributed by atoms with E-state index < -0.39 is 0 Å². The molecule has 1 amide bonds. The van der Waals surface area contributed by atoms with Gasteiger partial charge in [-0.05, 0) is 41.8 Å². The standard InChI is InChI=1S/C21H21ClFN3OS/c1-2-3-4-19-20(27)26(14-16-7-11-18(23)12-8-16)21(28-19)25-24-13-15-5-9-17(22)10-6-15/h5-13,19H,2-4,14H2,1H3/b24-13-,25-21-/t19-/m0/s1. The van der Waals surface area contributed by atoms with Crippen molar-refractivity contribution in [3.63, 3.8) is 0 Å². The van der Waals surface area contributed by atoms with Crippen molar-refractivity contribution in [1.29, 1.82) is 0 Å². The molecule has 4 nitrogen and oxygen atoms in total. The van der Waals surface area contributed by atoms with Crippen molar-refractivity contribution in [3.05, 3.63) is 70.5 Å². The minimum atomic E-state index is -0.298. The summed E-state index contributed by atoms with van der Waals surface area (Å²) in [4.78, 5) is 14.5. The molecule has 0 bridgehead atoms. The van der Waals surface area contributed by atoms with Crippen LogP contribution in [0.2, 0.25) is 5.02 Å². The molecule has 2 aromatic carbocycles. The third kappa shape index (κ3) is 5.42. The summed E-state index contributed by atoms with van der Waals surface area (Å²) in [6.45, 7) is 2.45. The molecule has 1 heterocycles. The van der Waals surface area contributed by atoms with Crippen LogP contribution in [0.1, 0.15) is 37.3 Å². The number of hydrogen-bond donors (Lipinski definition) is 0. The fraction of sp³-hybridized carbons (Fsp3) is 0.286. The van der Waals surface area contributed by atoms with E-state index >= 15 is 0 Å². The molecule has 0 unspecified atom stereocenters. The Balaban J connectivity index is 1.78. The van der Waals surface area contributed by atoms with Crippen molar-refractivity contribution in [1.82, 2.24) is 4.90 Å². The third-order valence-electron chi connectivity index (χ3n) is 4.31. The van der Waals surface area contributed by atoms with Gasteiger partial charge in [-0.25, -0.2) is 4.39 Å². The average molecular weight is 418 g/mol. The molecule has 1 fully saturated rings. The molecule has 0 radical (unpaired) electrons. The first-order valence-corrected chi connectivity index (χ1v) is 10.4. The highest BCUT2D eigenvalue weighted by Crippen LogP contribution is 2.32. The normalized spacial score (nSPS) is 18.5. The molecule has 0 spiro atoms. The van der Waals surface area contributed by atoms with Crippen LogP contribution in [0.5, 0.6) is 0 Å². The van der Waals surface area contributed by atoms with Gasteiger partial charge >= 0.3 is 0 Å². The summed E-state index contributed by atoms with van der Waals surface area (Å²) in [5.74, 6) is -0.267. The summed E-state index contributed by atoms with van der Waals surface area (Å²) < 4.78 is 13.2. The van der Waals surface area contributed by atoms with Crippen molar-refractivity contribution in [2.24, 2.45) is 10.2 Å². The molecule has 1 aliphatic rings. The zero-order chi connectivity index (χ0) is 19.9. The molecule has 146 valence electrons. The van der Waals surface area contributed by atoms with Gasteiger partial charge in [0, 0.05) is 5.02 Å². The Kier molecular flexibility index (Phi) is 7.23. The van der Waals surface area contributed by atoms with Crippen LogP contribution in [0.3, 0.4) is 0 Å². The highest BCUT2D eigenvalue weighted by molar-refractivity contribution is 8.15. The quantitative estimate of drug-likeness (QED) is 0.440. The minimum absolute atomic E-state index is 0.0308. The number of carbonyl (C=O) groups is 1. The van der Waals surface area contributed by atoms with E-state index in [-0.39, 0.29) is 17.0 Å². The maximum atomic E-state index is 13.2. The Morgan fingerprint density at radius 3 is 2.57 bits per heavy atom. The second kappa shape index (κ2) is 9.85. The molecule has 1 atom stereocenters. The van der Waals surface area contributed by atoms with Gasteiger partial charge in [-0.2, -0.15) is 5.10 Å². The van der Waals surface area contributed by atoms with Crippen molar-refractivity contribution in [2.45, 2.75) is 38.0 Å². The van der Waals surface area contributed by atoms with E-state index in [9.17, 15) is 9.18 Å². The summed E-state index contributed by atoms with van der Waals surface area (Å²) in [6.07, 6.45) is 4.45. The first-order chi connectivity index (χ1) is 13.6. The molecule has 0 saturated carbocycles. The van der Waals surface area contributed by atoms with E-state index in [0.29, 0.717) is 16.7 Å². The lowest BCUT2D eigenvalue weighted by Gasteiger charge is -2.15. The van der Waals surface area contributed by atoms with Crippen LogP contribution >= 0.6 is 23.4 Å². The van der Waals surface area contributed by atoms with Gasteiger partial charge in [0.25, 0.3) is 0 Å². The van der Waals surface area contributed by atoms with E-state index in [2.05, 4.69) is 17.1 Å². The number of unbranched alkanes of at least 4 members (excludes halogenated alkanes) is 1. The van der Waals surface area contributed by atoms with Gasteiger partial charge in [0.05, 0.1) is 18.0 Å². The van der Waals surface area contributed by atoms with Crippen LogP contribution in [0.15, 0.2) is 58.7 Å². The molecule has 7 heteroatoms. The minimum Gasteiger partial charge on any atom is -0.284 e. The molecule has 0 aliphatic carbocycles. The first-order valence-electron chi connectivity index (χ1n) is 9.16. The first kappa shape index (κ1) is 20.6. The van der Waals surface area contributed by atoms with Crippen molar-refractivity contribution in [3.8, 4) is 0 Å². The van der Waals surface area contributed by atoms with Crippen LogP contribution in [0.4, 0.5) is 4.39 Å². The number of amidine groups is 1. The average Bonchev–Trinajstić information content (AvgIpc) is 2.98. The highest BCUT2D eigenvalue weighted by Gasteiger charge is 2.37. The third-order valence-corrected chi connectivity index (χ3v) is 5.80. The fourth-order valence-electron chi connectivity index (χ4n) is 2.77. The lowest BCUT2D eigenvalue weighted by atomic mass is 10.1. The summed E-state index contributed by atoms with van der Waals surface area (Å²) in [5, 5.41) is 9.52. The zero-order valence-corrected chi connectivity index (χ0v) is 17.1. The Morgan fingerprint density at radius 1 is 1.18 bits per heavy atom. The molecular weight excluding hydrogens is 397 g/mol. The van der Waals surface area contributed by atoms with Gasteiger partial charge in [0.1, 0.15) is 5.82 Å². The summed E-state index contributed by atoms with van der Waals surface area (Å²) in [7, 11) is 0. The molecule has 0 aromatic heterocycles. The lowest BCUT2D eigenvalue weighted by molar-refractivity contribution is -0.126. The maximum absolute atomic E-state index is 13.2. The predicted molar refractivity (Wildman–Crippen MR) is 114 cm³/mol. The van der Waals surface area contributed by atoms with Gasteiger partial charge in [0.15, 0.2) is 5.17 Å². The Morgan fingerprint density at radius 2 is 1.89 bits per heavy atom. The van der Waals surface area contributed by atoms with Crippen LogP contribution < -0.4 is 0 Å². The van der Waals surface area contributed by atoms with Crippen LogP contribution in [0, 0.1) is 5.82 Å². The van der Waals surface area contributed by atoms with Gasteiger partial charge in [-0.15, -0.1) is 5.10 Å². The number of rotatable bonds is 7. The van der Waals surface area contributed by atoms with E-state index in [0.717, 1.165) is 30.4 Å². The van der Waals surface area contributed by atoms with E-state index in [1.807, 2.05) is 12.1 Å². The summed E-state index contributed by atoms with van der Waals surface area (Å²) in [5.41, 5.74) is 1.72. The number of thioether (sulfide) groups is 1. The summed E-state index contributed by atoms with van der Waals surface area (Å²) in [6, 6.07) is 13.4. The Hall–Kier alpha value is -2.18. The number of nitrogens with zero attached hydrogens (tertiary/aromatic N) is 3. The van der Waals surface area contributed by atoms with Crippen LogP contribution in [0.25, 0.3) is 0 Å². The molecule has 28 heavy (non-hydrogen) atoms. The maximum Gasteiger partial charge on any atom is 0.242 e. The lowest BCUT2D eigenvalue weighted by Crippen LogP contribution is -2.31. The van der Waals surface area contributed by atoms with E-state index in [4.69, 9.17) is 11.6 Å². The monoisotopic (exact) mass is 417 g/mol. The number of hydrogen-bond acceptors (Lipinski definition) is 4. The largest absolute Gasteiger partial charge is 0.284 e. The molecule has 2 aromatic rings. The smallest absolute Gasteiger partial charge is 0.242 e. The molecule has 3 rings (SSSR count). The topological polar surface area (TPSA) is 45.0 Å². The van der Waals surface area contributed by atoms with E-state index in [1.54, 1.807) is 35.4 Å². The fourth-order valence-corrected chi connectivity index (χ4v) is 4.04. The second-order valence-corrected chi connectivity index (χ2v) is 8.08. The van der Waals surface area contributed by atoms with Crippen molar-refractivity contribution >= 4 is 40.7 Å². The molecule has 0 N–H and O–H groups in total. The number of halogens is 2. The van der Waals surface area contributed by atoms with Gasteiger partial charge in [-0.1, -0.05) is 67.4 Å². The van der Waals surface area contributed by atoms with E-state index in [1.165, 1.54) is 23.9 Å². The van der Waals surface area contributed by atoms with Gasteiger partial charge < -0.3 is 0 Å². The Bertz CT molecular complexity index is 868. The van der Waals surface area contributed by atoms with Crippen molar-refractivity contribution < 1.29 is 9.18 Å². The number of benzene rings is 2. The zero-order valence-electron chi connectivity index (χ0n) is 15.5. The highest BCUT2D eigenvalue weighted by atomic mass is 35.5. The molecular formula is C21H21ClFN3OS. The van der Waals surface area contributed by atoms with Crippen molar-refractivity contribution in [2.75, 3.05) is 0 Å². The Labute approximate surface area is 173 Å². The van der Waals surface area contributed by atoms with Gasteiger partial charge in [0.2, 0.25) is 5.91 Å². The second-order valence-electron chi connectivity index (χ2n) is 6.48. The number of amides is 1. The van der Waals surface area contributed by atoms with Gasteiger partial charge in [-0.3, -0.25) is 9.69 Å². The number of carbonyl (C=O) groups excluding carboxylic acids is 1. The van der Waals surface area contributed by atoms with Crippen LogP contribution in [-0.4, -0.2) is 27.4 Å². The predicted octanol–water partition coefficient (Wildman–Crippen LogP) is 5.50. The summed E-state index contributed by atoms with van der Waals surface area (Å²) >= 11 is 7.33. The molecule has 1 aliphatic heterocycles.